The van der Waals surface area contributed by atoms with E-state index in [1.54, 1.807) is 0 Å². The molecule has 3 heterocycles. The molecule has 4 amide bonds. The molecule has 4 aliphatic rings. The Labute approximate surface area is 322 Å². The van der Waals surface area contributed by atoms with Crippen LogP contribution in [0.4, 0.5) is 4.79 Å². The summed E-state index contributed by atoms with van der Waals surface area (Å²) in [4.78, 5) is 61.9. The van der Waals surface area contributed by atoms with Gasteiger partial charge in [-0.1, -0.05) is 69.5 Å². The predicted octanol–water partition coefficient (Wildman–Crippen LogP) is 5.15. The third-order valence-electron chi connectivity index (χ3n) is 11.4. The molecule has 2 saturated carbocycles. The maximum atomic E-state index is 14.5. The number of rotatable bonds is 10. The van der Waals surface area contributed by atoms with Crippen LogP contribution >= 0.6 is 0 Å². The third-order valence-corrected chi connectivity index (χ3v) is 13.2. The predicted molar refractivity (Wildman–Crippen MR) is 206 cm³/mol. The maximum Gasteiger partial charge on any atom is 0.407 e. The number of nitrogens with zero attached hydrogens (tertiary/aromatic N) is 2. The first-order valence-electron chi connectivity index (χ1n) is 19.8. The number of amides is 4. The molecular weight excluding hydrogens is 723 g/mol. The number of pyridine rings is 1. The van der Waals surface area contributed by atoms with Crippen LogP contribution in [0.5, 0.6) is 5.75 Å². The average molecular weight is 774 g/mol. The van der Waals surface area contributed by atoms with Gasteiger partial charge >= 0.3 is 6.09 Å². The van der Waals surface area contributed by atoms with Crippen molar-refractivity contribution < 1.29 is 37.1 Å². The molecule has 1 saturated heterocycles. The van der Waals surface area contributed by atoms with Gasteiger partial charge in [-0.05, 0) is 75.0 Å². The van der Waals surface area contributed by atoms with Gasteiger partial charge in [-0.2, -0.15) is 0 Å². The highest BCUT2D eigenvalue weighted by atomic mass is 32.2. The van der Waals surface area contributed by atoms with Crippen molar-refractivity contribution in [2.75, 3.05) is 13.2 Å². The highest BCUT2D eigenvalue weighted by Crippen LogP contribution is 2.47. The second kappa shape index (κ2) is 16.2. The van der Waals surface area contributed by atoms with Crippen LogP contribution in [-0.2, 0) is 35.6 Å². The van der Waals surface area contributed by atoms with E-state index in [9.17, 15) is 27.6 Å². The van der Waals surface area contributed by atoms with E-state index in [0.717, 1.165) is 47.7 Å². The van der Waals surface area contributed by atoms with Gasteiger partial charge in [0.05, 0.1) is 29.6 Å². The summed E-state index contributed by atoms with van der Waals surface area (Å²) in [6.07, 6.45) is 5.52. The lowest BCUT2D eigenvalue weighted by molar-refractivity contribution is -0.141. The minimum atomic E-state index is -3.86. The van der Waals surface area contributed by atoms with Gasteiger partial charge in [0, 0.05) is 23.4 Å². The van der Waals surface area contributed by atoms with Crippen molar-refractivity contribution in [3.05, 3.63) is 60.2 Å². The van der Waals surface area contributed by atoms with Gasteiger partial charge in [-0.25, -0.2) is 18.2 Å². The number of carbonyl (C=O) groups excluding carboxylic acids is 4. The van der Waals surface area contributed by atoms with Gasteiger partial charge in [-0.3, -0.25) is 19.1 Å². The molecular formula is C41H51N5O8S. The van der Waals surface area contributed by atoms with Crippen molar-refractivity contribution in [1.29, 1.82) is 0 Å². The number of benzene rings is 2. The first kappa shape index (κ1) is 38.6. The molecule has 2 aliphatic carbocycles. The van der Waals surface area contributed by atoms with Gasteiger partial charge in [-0.15, -0.1) is 0 Å². The quantitative estimate of drug-likeness (QED) is 0.252. The fraction of sp³-hybridized carbons (Fsp3) is 0.537. The van der Waals surface area contributed by atoms with E-state index in [4.69, 9.17) is 14.5 Å². The number of sulfonamides is 1. The Bertz CT molecular complexity index is 2040. The Morgan fingerprint density at radius 2 is 1.84 bits per heavy atom. The van der Waals surface area contributed by atoms with Crippen LogP contribution in [0.2, 0.25) is 0 Å². The van der Waals surface area contributed by atoms with Crippen LogP contribution in [0, 0.1) is 5.92 Å². The highest BCUT2D eigenvalue weighted by molar-refractivity contribution is 7.91. The zero-order valence-electron chi connectivity index (χ0n) is 31.6. The number of cyclic esters (lactones) is 1. The van der Waals surface area contributed by atoms with Crippen LogP contribution in [0.3, 0.4) is 0 Å². The summed E-state index contributed by atoms with van der Waals surface area (Å²) < 4.78 is 40.1. The molecule has 3 fully saturated rings. The lowest BCUT2D eigenvalue weighted by atomic mass is 10.0. The first-order valence-corrected chi connectivity index (χ1v) is 21.3. The molecule has 3 N–H and O–H groups in total. The van der Waals surface area contributed by atoms with Crippen molar-refractivity contribution in [3.8, 4) is 17.0 Å². The van der Waals surface area contributed by atoms with Crippen molar-refractivity contribution in [2.45, 2.75) is 120 Å². The molecule has 0 unspecified atom stereocenters. The van der Waals surface area contributed by atoms with Gasteiger partial charge in [0.15, 0.2) is 0 Å². The van der Waals surface area contributed by atoms with Gasteiger partial charge in [0.25, 0.3) is 5.91 Å². The summed E-state index contributed by atoms with van der Waals surface area (Å²) in [6.45, 7) is 4.11. The van der Waals surface area contributed by atoms with Gasteiger partial charge in [0.2, 0.25) is 21.8 Å². The molecule has 1 aromatic heterocycles. The lowest BCUT2D eigenvalue weighted by Gasteiger charge is -2.29. The first-order chi connectivity index (χ1) is 26.5. The number of nitrogens with one attached hydrogen (secondary N) is 3. The number of ether oxygens (including phenoxy) is 2. The van der Waals surface area contributed by atoms with E-state index in [2.05, 4.69) is 27.5 Å². The normalized spacial score (nSPS) is 26.0. The number of hydrogen-bond donors (Lipinski definition) is 3. The van der Waals surface area contributed by atoms with Crippen LogP contribution < -0.4 is 20.1 Å². The molecule has 0 spiro atoms. The number of alkyl carbamates (subject to hydrolysis) is 1. The summed E-state index contributed by atoms with van der Waals surface area (Å²) in [6, 6.07) is 15.8. The Morgan fingerprint density at radius 3 is 2.56 bits per heavy atom. The van der Waals surface area contributed by atoms with E-state index in [1.807, 2.05) is 56.3 Å². The molecule has 0 radical (unpaired) electrons. The van der Waals surface area contributed by atoms with Gasteiger partial charge in [0.1, 0.15) is 29.5 Å². The molecule has 2 aromatic carbocycles. The van der Waals surface area contributed by atoms with E-state index < -0.39 is 62.8 Å². The monoisotopic (exact) mass is 773 g/mol. The topological polar surface area (TPSA) is 173 Å². The van der Waals surface area contributed by atoms with Crippen LogP contribution in [-0.4, -0.2) is 84.2 Å². The van der Waals surface area contributed by atoms with E-state index in [-0.39, 0.29) is 31.9 Å². The molecule has 55 heavy (non-hydrogen) atoms. The summed E-state index contributed by atoms with van der Waals surface area (Å²) >= 11 is 0. The second-order valence-electron chi connectivity index (χ2n) is 15.4. The van der Waals surface area contributed by atoms with Gasteiger partial charge < -0.3 is 25.0 Å². The lowest BCUT2D eigenvalue weighted by Crippen LogP contribution is -2.58. The smallest absolute Gasteiger partial charge is 0.407 e. The fourth-order valence-electron chi connectivity index (χ4n) is 7.92. The fourth-order valence-corrected chi connectivity index (χ4v) is 9.29. The minimum absolute atomic E-state index is 0.0346. The zero-order chi connectivity index (χ0) is 38.7. The Kier molecular flexibility index (Phi) is 11.3. The summed E-state index contributed by atoms with van der Waals surface area (Å²) in [5.41, 5.74) is 2.06. The standard InChI is InChI=1S/C41H51N5O8S/c1-3-5-15-33-38(48)46-25-29(22-35(46)37(47)44-41(24-28(41)4-2)39(49)45-55(51,52)30-17-18-30)54-36-23-34(27-13-9-6-10-14-27)42-32-19-16-26(21-31(32)36)12-8-7-11-20-53-40(50)43-33/h6,9-10,13-14,16,19,21,23,28-30,33,35H,3-5,7-8,11-12,15,17-18,20,22,24-25H2,1-2H3,(H,43,50)(H,44,47)(H,45,49)/t28-,29+,33+,35+,41-/m1/s1. The molecule has 5 atom stereocenters. The maximum absolute atomic E-state index is 14.5. The van der Waals surface area contributed by atoms with Crippen molar-refractivity contribution in [3.63, 3.8) is 0 Å². The molecule has 13 nitrogen and oxygen atoms in total. The summed E-state index contributed by atoms with van der Waals surface area (Å²) in [7, 11) is -3.86. The number of carbonyl (C=O) groups is 4. The third kappa shape index (κ3) is 8.58. The Balaban J connectivity index is 1.24. The molecule has 14 heteroatoms. The van der Waals surface area contributed by atoms with E-state index >= 15 is 0 Å². The molecule has 3 aromatic rings. The van der Waals surface area contributed by atoms with Crippen molar-refractivity contribution in [2.24, 2.45) is 5.92 Å². The zero-order valence-corrected chi connectivity index (χ0v) is 32.4. The highest BCUT2D eigenvalue weighted by Gasteiger charge is 2.62. The van der Waals surface area contributed by atoms with Crippen molar-refractivity contribution >= 4 is 44.7 Å². The average Bonchev–Trinajstić information content (AvgIpc) is 4.11. The number of hydrogen-bond acceptors (Lipinski definition) is 9. The summed E-state index contributed by atoms with van der Waals surface area (Å²) in [5, 5.41) is 5.88. The second-order valence-corrected chi connectivity index (χ2v) is 17.4. The SMILES string of the molecule is CCCC[C@@H]1NC(=O)OCCCCCc2ccc3nc(-c4ccccc4)cc(c3c2)O[C@H]2C[C@@H](C(=O)N[C@]3(C(=O)NS(=O)(=O)C4CC4)C[C@H]3CC)N(C2)C1=O. The van der Waals surface area contributed by atoms with Crippen LogP contribution in [0.15, 0.2) is 54.6 Å². The Hall–Kier alpha value is -4.72. The molecule has 2 aliphatic heterocycles. The largest absolute Gasteiger partial charge is 0.488 e. The van der Waals surface area contributed by atoms with Crippen LogP contribution in [0.1, 0.15) is 90.0 Å². The number of aromatic nitrogens is 1. The van der Waals surface area contributed by atoms with Crippen LogP contribution in [0.25, 0.3) is 22.2 Å². The summed E-state index contributed by atoms with van der Waals surface area (Å²) in [5.74, 6) is -1.48. The number of aryl methyl sites for hydroxylation is 1. The van der Waals surface area contributed by atoms with E-state index in [1.165, 1.54) is 4.90 Å². The molecule has 294 valence electrons. The number of unbranched alkanes of at least 4 members (excludes halogenated alkanes) is 1. The molecule has 7 rings (SSSR count). The minimum Gasteiger partial charge on any atom is -0.488 e. The number of fused-ring (bicyclic) bond motifs is 3. The van der Waals surface area contributed by atoms with E-state index in [0.29, 0.717) is 50.0 Å². The molecule has 4 bridgehead atoms. The Morgan fingerprint density at radius 1 is 1.04 bits per heavy atom. The van der Waals surface area contributed by atoms with Crippen molar-refractivity contribution in [1.82, 2.24) is 25.2 Å².